The molecule has 1 atom stereocenters. The van der Waals surface area contributed by atoms with Crippen molar-refractivity contribution in [2.24, 2.45) is 11.7 Å². The fourth-order valence-electron chi connectivity index (χ4n) is 2.47. The molecule has 3 N–H and O–H groups in total. The van der Waals surface area contributed by atoms with Crippen LogP contribution in [-0.4, -0.2) is 41.9 Å². The van der Waals surface area contributed by atoms with Gasteiger partial charge in [-0.05, 0) is 17.7 Å². The van der Waals surface area contributed by atoms with E-state index in [0.717, 1.165) is 0 Å². The first-order valence-electron chi connectivity index (χ1n) is 7.16. The number of primary amides is 1. The van der Waals surface area contributed by atoms with Gasteiger partial charge in [0.05, 0.1) is 12.3 Å². The maximum atomic E-state index is 12.4. The van der Waals surface area contributed by atoms with Gasteiger partial charge in [-0.1, -0.05) is 12.1 Å². The van der Waals surface area contributed by atoms with Crippen LogP contribution in [0.4, 0.5) is 18.9 Å². The van der Waals surface area contributed by atoms with Gasteiger partial charge in [0.2, 0.25) is 17.7 Å². The fourth-order valence-corrected chi connectivity index (χ4v) is 2.47. The minimum absolute atomic E-state index is 0.0672. The van der Waals surface area contributed by atoms with Crippen molar-refractivity contribution in [2.75, 3.05) is 18.4 Å². The zero-order chi connectivity index (χ0) is 17.9. The van der Waals surface area contributed by atoms with E-state index in [0.29, 0.717) is 16.2 Å². The van der Waals surface area contributed by atoms with Crippen LogP contribution in [0.2, 0.25) is 0 Å². The van der Waals surface area contributed by atoms with Crippen LogP contribution in [0, 0.1) is 5.92 Å². The minimum Gasteiger partial charge on any atom is -0.369 e. The molecule has 24 heavy (non-hydrogen) atoms. The summed E-state index contributed by atoms with van der Waals surface area (Å²) in [5.41, 5.74) is 6.17. The van der Waals surface area contributed by atoms with Gasteiger partial charge in [-0.2, -0.15) is 13.2 Å². The highest BCUT2D eigenvalue weighted by molar-refractivity contribution is 5.97. The lowest BCUT2D eigenvalue weighted by molar-refractivity contribution is -0.157. The molecule has 1 heterocycles. The third-order valence-corrected chi connectivity index (χ3v) is 3.56. The van der Waals surface area contributed by atoms with E-state index < -0.39 is 36.4 Å². The molecule has 130 valence electrons. The molecule has 1 aromatic rings. The largest absolute Gasteiger partial charge is 0.406 e. The first-order chi connectivity index (χ1) is 11.1. The molecule has 0 bridgehead atoms. The van der Waals surface area contributed by atoms with Crippen LogP contribution in [-0.2, 0) is 20.8 Å². The quantitative estimate of drug-likeness (QED) is 0.837. The standard InChI is InChI=1S/C15H16F3N3O3/c16-15(17,18)8-21-7-10(6-13(21)23)14(24)20-11-3-1-9(2-4-11)5-12(19)22/h1-4,10H,5-8H2,(H2,19,22)(H,20,24)/t10-/m1/s1. The highest BCUT2D eigenvalue weighted by Crippen LogP contribution is 2.24. The van der Waals surface area contributed by atoms with Gasteiger partial charge in [-0.3, -0.25) is 14.4 Å². The second kappa shape index (κ2) is 6.90. The van der Waals surface area contributed by atoms with Crippen molar-refractivity contribution < 1.29 is 27.6 Å². The number of likely N-dealkylation sites (tertiary alicyclic amines) is 1. The number of nitrogens with one attached hydrogen (secondary N) is 1. The van der Waals surface area contributed by atoms with E-state index in [-0.39, 0.29) is 19.4 Å². The Kier molecular flexibility index (Phi) is 5.10. The summed E-state index contributed by atoms with van der Waals surface area (Å²) >= 11 is 0. The van der Waals surface area contributed by atoms with E-state index >= 15 is 0 Å². The molecule has 0 aliphatic carbocycles. The summed E-state index contributed by atoms with van der Waals surface area (Å²) in [7, 11) is 0. The first-order valence-corrected chi connectivity index (χ1v) is 7.16. The number of benzene rings is 1. The zero-order valence-electron chi connectivity index (χ0n) is 12.6. The van der Waals surface area contributed by atoms with Crippen LogP contribution in [0.3, 0.4) is 0 Å². The molecule has 0 saturated carbocycles. The van der Waals surface area contributed by atoms with E-state index in [9.17, 15) is 27.6 Å². The number of anilines is 1. The monoisotopic (exact) mass is 343 g/mol. The third kappa shape index (κ3) is 4.97. The number of nitrogens with two attached hydrogens (primary N) is 1. The zero-order valence-corrected chi connectivity index (χ0v) is 12.6. The molecule has 0 aromatic heterocycles. The molecule has 1 aliphatic rings. The van der Waals surface area contributed by atoms with Crippen LogP contribution < -0.4 is 11.1 Å². The van der Waals surface area contributed by atoms with E-state index in [2.05, 4.69) is 5.32 Å². The van der Waals surface area contributed by atoms with Crippen molar-refractivity contribution in [3.63, 3.8) is 0 Å². The summed E-state index contributed by atoms with van der Waals surface area (Å²) in [4.78, 5) is 35.1. The fraction of sp³-hybridized carbons (Fsp3) is 0.400. The first kappa shape index (κ1) is 17.8. The normalized spacial score (nSPS) is 17.9. The van der Waals surface area contributed by atoms with Crippen molar-refractivity contribution in [3.8, 4) is 0 Å². The average molecular weight is 343 g/mol. The Morgan fingerprint density at radius 2 is 1.88 bits per heavy atom. The van der Waals surface area contributed by atoms with Crippen molar-refractivity contribution in [1.29, 1.82) is 0 Å². The number of hydrogen-bond acceptors (Lipinski definition) is 3. The van der Waals surface area contributed by atoms with Crippen molar-refractivity contribution >= 4 is 23.4 Å². The van der Waals surface area contributed by atoms with Gasteiger partial charge in [0, 0.05) is 18.7 Å². The van der Waals surface area contributed by atoms with Crippen molar-refractivity contribution in [1.82, 2.24) is 4.90 Å². The Balaban J connectivity index is 1.93. The molecule has 0 spiro atoms. The smallest absolute Gasteiger partial charge is 0.369 e. The molecule has 6 nitrogen and oxygen atoms in total. The highest BCUT2D eigenvalue weighted by Gasteiger charge is 2.40. The number of nitrogens with zero attached hydrogens (tertiary/aromatic N) is 1. The topological polar surface area (TPSA) is 92.5 Å². The Labute approximate surface area is 135 Å². The molecule has 1 aromatic carbocycles. The highest BCUT2D eigenvalue weighted by atomic mass is 19.4. The van der Waals surface area contributed by atoms with Gasteiger partial charge in [-0.15, -0.1) is 0 Å². The molecular weight excluding hydrogens is 327 g/mol. The minimum atomic E-state index is -4.49. The van der Waals surface area contributed by atoms with Gasteiger partial charge in [0.15, 0.2) is 0 Å². The van der Waals surface area contributed by atoms with Gasteiger partial charge in [-0.25, -0.2) is 0 Å². The van der Waals surface area contributed by atoms with Crippen LogP contribution in [0.1, 0.15) is 12.0 Å². The number of carbonyl (C=O) groups is 3. The average Bonchev–Trinajstić information content (AvgIpc) is 2.80. The Hall–Kier alpha value is -2.58. The van der Waals surface area contributed by atoms with Crippen LogP contribution >= 0.6 is 0 Å². The summed E-state index contributed by atoms with van der Waals surface area (Å²) < 4.78 is 37.1. The summed E-state index contributed by atoms with van der Waals surface area (Å²) in [6, 6.07) is 6.33. The molecule has 9 heteroatoms. The number of halogens is 3. The van der Waals surface area contributed by atoms with Gasteiger partial charge < -0.3 is 16.0 Å². The maximum Gasteiger partial charge on any atom is 0.406 e. The number of rotatable bonds is 5. The molecule has 0 unspecified atom stereocenters. The predicted octanol–water partition coefficient (Wildman–Crippen LogP) is 1.06. The van der Waals surface area contributed by atoms with Crippen molar-refractivity contribution in [2.45, 2.75) is 19.0 Å². The summed E-state index contributed by atoms with van der Waals surface area (Å²) in [6.45, 7) is -1.61. The van der Waals surface area contributed by atoms with Crippen molar-refractivity contribution in [3.05, 3.63) is 29.8 Å². The Morgan fingerprint density at radius 1 is 1.25 bits per heavy atom. The molecule has 1 saturated heterocycles. The maximum absolute atomic E-state index is 12.4. The van der Waals surface area contributed by atoms with E-state index in [1.807, 2.05) is 0 Å². The lowest BCUT2D eigenvalue weighted by Crippen LogP contribution is -2.36. The van der Waals surface area contributed by atoms with Gasteiger partial charge >= 0.3 is 6.18 Å². The van der Waals surface area contributed by atoms with Crippen LogP contribution in [0.25, 0.3) is 0 Å². The van der Waals surface area contributed by atoms with Crippen LogP contribution in [0.15, 0.2) is 24.3 Å². The second-order valence-corrected chi connectivity index (χ2v) is 5.62. The summed E-state index contributed by atoms with van der Waals surface area (Å²) in [5.74, 6) is -2.52. The summed E-state index contributed by atoms with van der Waals surface area (Å²) in [6.07, 6.45) is -4.67. The molecule has 0 radical (unpaired) electrons. The summed E-state index contributed by atoms with van der Waals surface area (Å²) in [5, 5.41) is 2.55. The van der Waals surface area contributed by atoms with Gasteiger partial charge in [0.25, 0.3) is 0 Å². The lowest BCUT2D eigenvalue weighted by Gasteiger charge is -2.18. The third-order valence-electron chi connectivity index (χ3n) is 3.56. The number of hydrogen-bond donors (Lipinski definition) is 2. The number of alkyl halides is 3. The molecule has 2 rings (SSSR count). The molecular formula is C15H16F3N3O3. The van der Waals surface area contributed by atoms with E-state index in [1.165, 1.54) is 0 Å². The number of carbonyl (C=O) groups excluding carboxylic acids is 3. The Morgan fingerprint density at radius 3 is 2.42 bits per heavy atom. The number of amides is 3. The van der Waals surface area contributed by atoms with E-state index in [1.54, 1.807) is 24.3 Å². The molecule has 3 amide bonds. The molecule has 1 fully saturated rings. The van der Waals surface area contributed by atoms with Crippen LogP contribution in [0.5, 0.6) is 0 Å². The molecule has 1 aliphatic heterocycles. The SMILES string of the molecule is NC(=O)Cc1ccc(NC(=O)[C@@H]2CC(=O)N(CC(F)(F)F)C2)cc1. The second-order valence-electron chi connectivity index (χ2n) is 5.62. The predicted molar refractivity (Wildman–Crippen MR) is 78.7 cm³/mol. The van der Waals surface area contributed by atoms with E-state index in [4.69, 9.17) is 5.73 Å². The Bertz CT molecular complexity index is 644. The lowest BCUT2D eigenvalue weighted by atomic mass is 10.1. The van der Waals surface area contributed by atoms with Gasteiger partial charge in [0.1, 0.15) is 6.54 Å².